The fourth-order valence-corrected chi connectivity index (χ4v) is 3.11. The van der Waals surface area contributed by atoms with Gasteiger partial charge in [0.15, 0.2) is 0 Å². The van der Waals surface area contributed by atoms with Gasteiger partial charge in [-0.2, -0.15) is 0 Å². The van der Waals surface area contributed by atoms with E-state index < -0.39 is 0 Å². The van der Waals surface area contributed by atoms with Crippen molar-refractivity contribution in [2.75, 3.05) is 32.8 Å². The van der Waals surface area contributed by atoms with Crippen LogP contribution in [0.3, 0.4) is 0 Å². The van der Waals surface area contributed by atoms with Crippen LogP contribution in [0.1, 0.15) is 45.4 Å². The summed E-state index contributed by atoms with van der Waals surface area (Å²) in [5.41, 5.74) is 0. The van der Waals surface area contributed by atoms with Crippen molar-refractivity contribution >= 4 is 0 Å². The maximum Gasteiger partial charge on any atom is 0.0576 e. The maximum absolute atomic E-state index is 5.69. The van der Waals surface area contributed by atoms with Gasteiger partial charge in [0, 0.05) is 32.3 Å². The number of nitrogens with zero attached hydrogens (tertiary/aromatic N) is 1. The number of hydrogen-bond acceptors (Lipinski definition) is 3. The summed E-state index contributed by atoms with van der Waals surface area (Å²) < 4.78 is 5.69. The first-order valence-electron chi connectivity index (χ1n) is 7.46. The molecule has 0 aromatic carbocycles. The lowest BCUT2D eigenvalue weighted by atomic mass is 10.1. The largest absolute Gasteiger partial charge is 0.378 e. The highest BCUT2D eigenvalue weighted by Crippen LogP contribution is 2.18. The Morgan fingerprint density at radius 2 is 2.29 bits per heavy atom. The van der Waals surface area contributed by atoms with E-state index in [4.69, 9.17) is 4.74 Å². The predicted molar refractivity (Wildman–Crippen MR) is 71.3 cm³/mol. The Labute approximate surface area is 106 Å². The van der Waals surface area contributed by atoms with Gasteiger partial charge in [-0.25, -0.2) is 0 Å². The molecular weight excluding hydrogens is 212 g/mol. The van der Waals surface area contributed by atoms with Gasteiger partial charge < -0.3 is 10.1 Å². The summed E-state index contributed by atoms with van der Waals surface area (Å²) in [5, 5.41) is 3.51. The minimum Gasteiger partial charge on any atom is -0.378 e. The molecule has 3 heteroatoms. The van der Waals surface area contributed by atoms with Crippen molar-refractivity contribution in [3.63, 3.8) is 0 Å². The molecule has 0 radical (unpaired) electrons. The lowest BCUT2D eigenvalue weighted by Gasteiger charge is -2.36. The molecule has 2 unspecified atom stereocenters. The number of rotatable bonds is 6. The van der Waals surface area contributed by atoms with Crippen LogP contribution < -0.4 is 5.32 Å². The third-order valence-electron chi connectivity index (χ3n) is 4.09. The van der Waals surface area contributed by atoms with E-state index >= 15 is 0 Å². The van der Waals surface area contributed by atoms with Crippen LogP contribution in [0.2, 0.25) is 0 Å². The second-order valence-electron chi connectivity index (χ2n) is 5.46. The number of ether oxygens (including phenoxy) is 1. The molecule has 0 amide bonds. The molecule has 17 heavy (non-hydrogen) atoms. The molecule has 0 saturated carbocycles. The molecule has 2 heterocycles. The minimum absolute atomic E-state index is 0.572. The van der Waals surface area contributed by atoms with E-state index in [1.807, 2.05) is 0 Å². The molecule has 0 bridgehead atoms. The summed E-state index contributed by atoms with van der Waals surface area (Å²) in [4.78, 5) is 2.69. The van der Waals surface area contributed by atoms with Crippen molar-refractivity contribution in [2.24, 2.45) is 0 Å². The first kappa shape index (κ1) is 13.3. The van der Waals surface area contributed by atoms with E-state index in [-0.39, 0.29) is 0 Å². The number of piperazine rings is 1. The molecule has 1 N–H and O–H groups in total. The fraction of sp³-hybridized carbons (Fsp3) is 1.00. The SMILES string of the molecule is CCCC1CNCCN1CCCC1CCCO1. The Balaban J connectivity index is 1.64. The fourth-order valence-electron chi connectivity index (χ4n) is 3.11. The van der Waals surface area contributed by atoms with Crippen LogP contribution in [-0.4, -0.2) is 49.8 Å². The zero-order valence-electron chi connectivity index (χ0n) is 11.3. The molecule has 100 valence electrons. The van der Waals surface area contributed by atoms with Gasteiger partial charge in [0.1, 0.15) is 0 Å². The second kappa shape index (κ2) is 7.34. The maximum atomic E-state index is 5.69. The normalized spacial score (nSPS) is 30.9. The lowest BCUT2D eigenvalue weighted by Crippen LogP contribution is -2.51. The van der Waals surface area contributed by atoms with Gasteiger partial charge in [-0.05, 0) is 38.6 Å². The van der Waals surface area contributed by atoms with E-state index in [0.29, 0.717) is 6.10 Å². The van der Waals surface area contributed by atoms with Crippen LogP contribution in [0.25, 0.3) is 0 Å². The van der Waals surface area contributed by atoms with Crippen molar-refractivity contribution < 1.29 is 4.74 Å². The standard InChI is InChI=1S/C14H28N2O/c1-2-5-13-12-15-8-10-16(13)9-3-6-14-7-4-11-17-14/h13-15H,2-12H2,1H3. The number of nitrogens with one attached hydrogen (secondary N) is 1. The Morgan fingerprint density at radius 1 is 1.35 bits per heavy atom. The Kier molecular flexibility index (Phi) is 5.75. The summed E-state index contributed by atoms with van der Waals surface area (Å²) >= 11 is 0. The van der Waals surface area contributed by atoms with Gasteiger partial charge >= 0.3 is 0 Å². The molecule has 0 spiro atoms. The van der Waals surface area contributed by atoms with Crippen LogP contribution in [0.5, 0.6) is 0 Å². The number of hydrogen-bond donors (Lipinski definition) is 1. The molecule has 2 aliphatic heterocycles. The average molecular weight is 240 g/mol. The van der Waals surface area contributed by atoms with E-state index in [1.165, 1.54) is 64.7 Å². The van der Waals surface area contributed by atoms with Gasteiger partial charge in [0.25, 0.3) is 0 Å². The van der Waals surface area contributed by atoms with Crippen molar-refractivity contribution in [2.45, 2.75) is 57.6 Å². The lowest BCUT2D eigenvalue weighted by molar-refractivity contribution is 0.0919. The van der Waals surface area contributed by atoms with Crippen molar-refractivity contribution in [1.29, 1.82) is 0 Å². The van der Waals surface area contributed by atoms with Crippen molar-refractivity contribution in [1.82, 2.24) is 10.2 Å². The van der Waals surface area contributed by atoms with E-state index in [0.717, 1.165) is 12.6 Å². The summed E-state index contributed by atoms with van der Waals surface area (Å²) in [6.07, 6.45) is 8.36. The van der Waals surface area contributed by atoms with Gasteiger partial charge in [-0.3, -0.25) is 4.90 Å². The molecule has 2 aliphatic rings. The molecule has 2 fully saturated rings. The molecule has 0 aromatic rings. The summed E-state index contributed by atoms with van der Waals surface area (Å²) in [7, 11) is 0. The van der Waals surface area contributed by atoms with Crippen LogP contribution in [-0.2, 0) is 4.74 Å². The van der Waals surface area contributed by atoms with Gasteiger partial charge in [-0.1, -0.05) is 13.3 Å². The van der Waals surface area contributed by atoms with Gasteiger partial charge in [-0.15, -0.1) is 0 Å². The van der Waals surface area contributed by atoms with E-state index in [1.54, 1.807) is 0 Å². The van der Waals surface area contributed by atoms with Crippen LogP contribution >= 0.6 is 0 Å². The Bertz CT molecular complexity index is 202. The van der Waals surface area contributed by atoms with E-state index in [2.05, 4.69) is 17.1 Å². The van der Waals surface area contributed by atoms with Crippen LogP contribution in [0.15, 0.2) is 0 Å². The predicted octanol–water partition coefficient (Wildman–Crippen LogP) is 2.02. The van der Waals surface area contributed by atoms with Crippen molar-refractivity contribution in [3.8, 4) is 0 Å². The summed E-state index contributed by atoms with van der Waals surface area (Å²) in [6, 6.07) is 0.776. The van der Waals surface area contributed by atoms with Gasteiger partial charge in [0.05, 0.1) is 6.10 Å². The zero-order chi connectivity index (χ0) is 11.9. The van der Waals surface area contributed by atoms with Crippen LogP contribution in [0, 0.1) is 0 Å². The minimum atomic E-state index is 0.572. The van der Waals surface area contributed by atoms with Gasteiger partial charge in [0.2, 0.25) is 0 Å². The Hall–Kier alpha value is -0.120. The molecule has 2 atom stereocenters. The van der Waals surface area contributed by atoms with Crippen LogP contribution in [0.4, 0.5) is 0 Å². The molecule has 2 rings (SSSR count). The molecule has 0 aromatic heterocycles. The average Bonchev–Trinajstić information content (AvgIpc) is 2.85. The molecule has 0 aliphatic carbocycles. The van der Waals surface area contributed by atoms with E-state index in [9.17, 15) is 0 Å². The summed E-state index contributed by atoms with van der Waals surface area (Å²) in [5.74, 6) is 0. The monoisotopic (exact) mass is 240 g/mol. The quantitative estimate of drug-likeness (QED) is 0.769. The smallest absolute Gasteiger partial charge is 0.0576 e. The highest BCUT2D eigenvalue weighted by atomic mass is 16.5. The van der Waals surface area contributed by atoms with Crippen molar-refractivity contribution in [3.05, 3.63) is 0 Å². The molecule has 3 nitrogen and oxygen atoms in total. The Morgan fingerprint density at radius 3 is 3.06 bits per heavy atom. The topological polar surface area (TPSA) is 24.5 Å². The molecular formula is C14H28N2O. The third kappa shape index (κ3) is 4.23. The summed E-state index contributed by atoms with van der Waals surface area (Å²) in [6.45, 7) is 8.15. The first-order valence-corrected chi connectivity index (χ1v) is 7.46. The first-order chi connectivity index (χ1) is 8.40. The zero-order valence-corrected chi connectivity index (χ0v) is 11.3. The molecule has 2 saturated heterocycles. The highest BCUT2D eigenvalue weighted by Gasteiger charge is 2.21. The highest BCUT2D eigenvalue weighted by molar-refractivity contribution is 4.79. The third-order valence-corrected chi connectivity index (χ3v) is 4.09. The second-order valence-corrected chi connectivity index (χ2v) is 5.46.